The van der Waals surface area contributed by atoms with Crippen molar-refractivity contribution in [2.24, 2.45) is 0 Å². The second kappa shape index (κ2) is 6.95. The number of hydrogen-bond acceptors (Lipinski definition) is 3. The normalized spacial score (nSPS) is 16.2. The number of halogens is 1. The molecule has 1 aromatic carbocycles. The maximum atomic E-state index is 11.6. The SMILES string of the molecule is CN(C)C(=O)CCN1CCN(c2ccccc2Cl)CC1. The second-order valence-electron chi connectivity index (χ2n) is 5.32. The summed E-state index contributed by atoms with van der Waals surface area (Å²) in [6.07, 6.45) is 0.596. The number of benzene rings is 1. The predicted octanol–water partition coefficient (Wildman–Crippen LogP) is 1.94. The van der Waals surface area contributed by atoms with Gasteiger partial charge in [0.2, 0.25) is 5.91 Å². The van der Waals surface area contributed by atoms with Gasteiger partial charge < -0.3 is 9.80 Å². The number of hydrogen-bond donors (Lipinski definition) is 0. The molecule has 0 N–H and O–H groups in total. The summed E-state index contributed by atoms with van der Waals surface area (Å²) in [6.45, 7) is 4.71. The highest BCUT2D eigenvalue weighted by molar-refractivity contribution is 6.33. The Bertz CT molecular complexity index is 456. The Labute approximate surface area is 125 Å². The lowest BCUT2D eigenvalue weighted by atomic mass is 10.2. The third kappa shape index (κ3) is 3.87. The van der Waals surface area contributed by atoms with Crippen molar-refractivity contribution in [2.45, 2.75) is 6.42 Å². The smallest absolute Gasteiger partial charge is 0.223 e. The minimum Gasteiger partial charge on any atom is -0.368 e. The van der Waals surface area contributed by atoms with E-state index in [4.69, 9.17) is 11.6 Å². The molecule has 0 bridgehead atoms. The summed E-state index contributed by atoms with van der Waals surface area (Å²) in [4.78, 5) is 17.9. The molecule has 4 nitrogen and oxygen atoms in total. The number of rotatable bonds is 4. The number of nitrogens with zero attached hydrogens (tertiary/aromatic N) is 3. The van der Waals surface area contributed by atoms with E-state index in [1.165, 1.54) is 0 Å². The van der Waals surface area contributed by atoms with Crippen LogP contribution in [0.1, 0.15) is 6.42 Å². The number of amides is 1. The van der Waals surface area contributed by atoms with Gasteiger partial charge in [-0.3, -0.25) is 9.69 Å². The van der Waals surface area contributed by atoms with Gasteiger partial charge in [0, 0.05) is 53.2 Å². The summed E-state index contributed by atoms with van der Waals surface area (Å²) in [5, 5.41) is 0.809. The van der Waals surface area contributed by atoms with Crippen molar-refractivity contribution in [1.82, 2.24) is 9.80 Å². The molecule has 0 spiro atoms. The molecule has 0 unspecified atom stereocenters. The molecule has 1 aliphatic rings. The maximum Gasteiger partial charge on any atom is 0.223 e. The average molecular weight is 296 g/mol. The molecule has 1 aliphatic heterocycles. The molecule has 1 amide bonds. The van der Waals surface area contributed by atoms with E-state index >= 15 is 0 Å². The fraction of sp³-hybridized carbons (Fsp3) is 0.533. The molecular weight excluding hydrogens is 274 g/mol. The molecule has 1 heterocycles. The van der Waals surface area contributed by atoms with Crippen LogP contribution in [-0.4, -0.2) is 62.5 Å². The van der Waals surface area contributed by atoms with Gasteiger partial charge >= 0.3 is 0 Å². The highest BCUT2D eigenvalue weighted by Crippen LogP contribution is 2.25. The minimum atomic E-state index is 0.193. The quantitative estimate of drug-likeness (QED) is 0.849. The fourth-order valence-corrected chi connectivity index (χ4v) is 2.65. The first kappa shape index (κ1) is 15.1. The van der Waals surface area contributed by atoms with Gasteiger partial charge in [-0.2, -0.15) is 0 Å². The van der Waals surface area contributed by atoms with Crippen molar-refractivity contribution in [3.8, 4) is 0 Å². The Kier molecular flexibility index (Phi) is 5.26. The van der Waals surface area contributed by atoms with Gasteiger partial charge in [-0.15, -0.1) is 0 Å². The second-order valence-corrected chi connectivity index (χ2v) is 5.73. The predicted molar refractivity (Wildman–Crippen MR) is 83.4 cm³/mol. The fourth-order valence-electron chi connectivity index (χ4n) is 2.40. The van der Waals surface area contributed by atoms with Crippen LogP contribution in [0.25, 0.3) is 0 Å². The third-order valence-corrected chi connectivity index (χ3v) is 4.03. The van der Waals surface area contributed by atoms with Crippen LogP contribution in [0.5, 0.6) is 0 Å². The van der Waals surface area contributed by atoms with Crippen molar-refractivity contribution in [1.29, 1.82) is 0 Å². The molecule has 110 valence electrons. The van der Waals surface area contributed by atoms with Gasteiger partial charge in [0.15, 0.2) is 0 Å². The Morgan fingerprint density at radius 1 is 1.20 bits per heavy atom. The molecule has 0 atom stereocenters. The Morgan fingerprint density at radius 3 is 2.45 bits per heavy atom. The van der Waals surface area contributed by atoms with Crippen LogP contribution in [-0.2, 0) is 4.79 Å². The highest BCUT2D eigenvalue weighted by Gasteiger charge is 2.19. The molecule has 1 saturated heterocycles. The number of carbonyl (C=O) groups is 1. The Morgan fingerprint density at radius 2 is 1.85 bits per heavy atom. The number of carbonyl (C=O) groups excluding carboxylic acids is 1. The van der Waals surface area contributed by atoms with Gasteiger partial charge in [0.05, 0.1) is 10.7 Å². The molecule has 5 heteroatoms. The summed E-state index contributed by atoms with van der Waals surface area (Å²) in [7, 11) is 3.61. The maximum absolute atomic E-state index is 11.6. The van der Waals surface area contributed by atoms with Gasteiger partial charge in [0.1, 0.15) is 0 Å². The van der Waals surface area contributed by atoms with E-state index in [1.54, 1.807) is 19.0 Å². The topological polar surface area (TPSA) is 26.8 Å². The molecule has 1 aromatic rings. The summed E-state index contributed by atoms with van der Waals surface area (Å²) >= 11 is 6.23. The molecule has 0 radical (unpaired) electrons. The summed E-state index contributed by atoms with van der Waals surface area (Å²) < 4.78 is 0. The van der Waals surface area contributed by atoms with E-state index in [0.717, 1.165) is 43.4 Å². The van der Waals surface area contributed by atoms with E-state index in [1.807, 2.05) is 18.2 Å². The van der Waals surface area contributed by atoms with E-state index < -0.39 is 0 Å². The zero-order valence-electron chi connectivity index (χ0n) is 12.2. The van der Waals surface area contributed by atoms with Crippen molar-refractivity contribution < 1.29 is 4.79 Å². The summed E-state index contributed by atoms with van der Waals surface area (Å²) in [5.74, 6) is 0.193. The van der Waals surface area contributed by atoms with Crippen LogP contribution < -0.4 is 4.90 Å². The van der Waals surface area contributed by atoms with E-state index in [0.29, 0.717) is 6.42 Å². The zero-order valence-corrected chi connectivity index (χ0v) is 12.9. The summed E-state index contributed by atoms with van der Waals surface area (Å²) in [6, 6.07) is 7.96. The molecule has 0 aliphatic carbocycles. The monoisotopic (exact) mass is 295 g/mol. The zero-order chi connectivity index (χ0) is 14.5. The van der Waals surface area contributed by atoms with Crippen LogP contribution in [0, 0.1) is 0 Å². The van der Waals surface area contributed by atoms with Crippen molar-refractivity contribution >= 4 is 23.2 Å². The summed E-state index contributed by atoms with van der Waals surface area (Å²) in [5.41, 5.74) is 1.11. The standard InChI is InChI=1S/C15H22ClN3O/c1-17(2)15(20)7-8-18-9-11-19(12-10-18)14-6-4-3-5-13(14)16/h3-6H,7-12H2,1-2H3. The van der Waals surface area contributed by atoms with Crippen LogP contribution in [0.4, 0.5) is 5.69 Å². The van der Waals surface area contributed by atoms with E-state index in [9.17, 15) is 4.79 Å². The van der Waals surface area contributed by atoms with Gasteiger partial charge in [-0.1, -0.05) is 23.7 Å². The van der Waals surface area contributed by atoms with E-state index in [2.05, 4.69) is 15.9 Å². The van der Waals surface area contributed by atoms with Gasteiger partial charge in [-0.05, 0) is 12.1 Å². The van der Waals surface area contributed by atoms with Crippen molar-refractivity contribution in [3.05, 3.63) is 29.3 Å². The van der Waals surface area contributed by atoms with Crippen LogP contribution in [0.15, 0.2) is 24.3 Å². The van der Waals surface area contributed by atoms with Crippen LogP contribution in [0.2, 0.25) is 5.02 Å². The Hall–Kier alpha value is -1.26. The lowest BCUT2D eigenvalue weighted by Crippen LogP contribution is -2.47. The largest absolute Gasteiger partial charge is 0.368 e. The van der Waals surface area contributed by atoms with Crippen LogP contribution in [0.3, 0.4) is 0 Å². The number of piperazine rings is 1. The van der Waals surface area contributed by atoms with Crippen molar-refractivity contribution in [2.75, 3.05) is 51.7 Å². The van der Waals surface area contributed by atoms with Crippen LogP contribution >= 0.6 is 11.6 Å². The molecular formula is C15H22ClN3O. The average Bonchev–Trinajstić information content (AvgIpc) is 2.46. The van der Waals surface area contributed by atoms with Gasteiger partial charge in [0.25, 0.3) is 0 Å². The lowest BCUT2D eigenvalue weighted by molar-refractivity contribution is -0.129. The van der Waals surface area contributed by atoms with Crippen molar-refractivity contribution in [3.63, 3.8) is 0 Å². The molecule has 0 saturated carbocycles. The van der Waals surface area contributed by atoms with Gasteiger partial charge in [-0.25, -0.2) is 0 Å². The third-order valence-electron chi connectivity index (χ3n) is 3.71. The first-order chi connectivity index (χ1) is 9.58. The minimum absolute atomic E-state index is 0.193. The highest BCUT2D eigenvalue weighted by atomic mass is 35.5. The first-order valence-corrected chi connectivity index (χ1v) is 7.37. The number of anilines is 1. The Balaban J connectivity index is 1.81. The first-order valence-electron chi connectivity index (χ1n) is 7.00. The van der Waals surface area contributed by atoms with E-state index in [-0.39, 0.29) is 5.91 Å². The lowest BCUT2D eigenvalue weighted by Gasteiger charge is -2.36. The number of para-hydroxylation sites is 1. The molecule has 1 fully saturated rings. The molecule has 0 aromatic heterocycles. The molecule has 20 heavy (non-hydrogen) atoms. The molecule has 2 rings (SSSR count).